The van der Waals surface area contributed by atoms with Gasteiger partial charge in [0, 0.05) is 36.5 Å². The molecule has 0 radical (unpaired) electrons. The molecule has 1 aliphatic heterocycles. The molecule has 3 aromatic carbocycles. The molecular formula is C26H24N2O4. The number of nitrogens with one attached hydrogen (secondary N) is 1. The molecule has 0 atom stereocenters. The third-order valence-electron chi connectivity index (χ3n) is 4.93. The minimum absolute atomic E-state index is 0.159. The first-order valence-electron chi connectivity index (χ1n) is 10.4. The van der Waals surface area contributed by atoms with Gasteiger partial charge in [0.1, 0.15) is 13.2 Å². The maximum atomic E-state index is 13.4. The first kappa shape index (κ1) is 21.2. The van der Waals surface area contributed by atoms with Crippen molar-refractivity contribution in [3.05, 3.63) is 90.0 Å². The fourth-order valence-corrected chi connectivity index (χ4v) is 3.42. The van der Waals surface area contributed by atoms with Crippen LogP contribution < -0.4 is 19.7 Å². The van der Waals surface area contributed by atoms with E-state index in [1.165, 1.54) is 6.92 Å². The molecule has 1 aliphatic rings. The van der Waals surface area contributed by atoms with E-state index in [-0.39, 0.29) is 11.8 Å². The van der Waals surface area contributed by atoms with Crippen molar-refractivity contribution in [2.24, 2.45) is 0 Å². The van der Waals surface area contributed by atoms with E-state index in [2.05, 4.69) is 5.32 Å². The second kappa shape index (κ2) is 9.83. The molecule has 0 aromatic heterocycles. The highest BCUT2D eigenvalue weighted by Gasteiger charge is 2.20. The number of carbonyl (C=O) groups is 2. The number of fused-ring (bicyclic) bond motifs is 1. The molecule has 0 bridgehead atoms. The largest absolute Gasteiger partial charge is 0.486 e. The molecular weight excluding hydrogens is 404 g/mol. The topological polar surface area (TPSA) is 67.9 Å². The number of rotatable bonds is 6. The lowest BCUT2D eigenvalue weighted by Gasteiger charge is -2.25. The summed E-state index contributed by atoms with van der Waals surface area (Å²) in [5, 5.41) is 2.71. The number of benzene rings is 3. The molecule has 2 amide bonds. The minimum Gasteiger partial charge on any atom is -0.486 e. The summed E-state index contributed by atoms with van der Waals surface area (Å²) in [5.41, 5.74) is 2.93. The Morgan fingerprint density at radius 3 is 2.38 bits per heavy atom. The van der Waals surface area contributed by atoms with Crippen LogP contribution in [0.4, 0.5) is 11.4 Å². The summed E-state index contributed by atoms with van der Waals surface area (Å²) in [6, 6.07) is 22.3. The van der Waals surface area contributed by atoms with Gasteiger partial charge in [-0.25, -0.2) is 0 Å². The fourth-order valence-electron chi connectivity index (χ4n) is 3.42. The lowest BCUT2D eigenvalue weighted by Crippen LogP contribution is -2.31. The Labute approximate surface area is 187 Å². The number of hydrogen-bond acceptors (Lipinski definition) is 4. The second-order valence-electron chi connectivity index (χ2n) is 7.32. The van der Waals surface area contributed by atoms with Crippen LogP contribution in [0.3, 0.4) is 0 Å². The zero-order valence-electron chi connectivity index (χ0n) is 17.8. The van der Waals surface area contributed by atoms with Crippen molar-refractivity contribution in [3.8, 4) is 11.5 Å². The number of ether oxygens (including phenoxy) is 2. The number of hydrogen-bond donors (Lipinski definition) is 1. The molecule has 1 N–H and O–H groups in total. The van der Waals surface area contributed by atoms with Crippen LogP contribution in [0.5, 0.6) is 11.5 Å². The van der Waals surface area contributed by atoms with Crippen molar-refractivity contribution < 1.29 is 19.1 Å². The predicted molar refractivity (Wildman–Crippen MR) is 125 cm³/mol. The third-order valence-corrected chi connectivity index (χ3v) is 4.93. The van der Waals surface area contributed by atoms with E-state index in [4.69, 9.17) is 9.47 Å². The summed E-state index contributed by atoms with van der Waals surface area (Å²) in [6.07, 6.45) is 3.94. The van der Waals surface area contributed by atoms with E-state index >= 15 is 0 Å². The maximum absolute atomic E-state index is 13.4. The van der Waals surface area contributed by atoms with Crippen LogP contribution in [-0.4, -0.2) is 31.6 Å². The van der Waals surface area contributed by atoms with Gasteiger partial charge < -0.3 is 19.7 Å². The summed E-state index contributed by atoms with van der Waals surface area (Å²) in [7, 11) is 0. The molecule has 0 spiro atoms. The van der Waals surface area contributed by atoms with E-state index in [1.807, 2.05) is 60.7 Å². The molecule has 162 valence electrons. The van der Waals surface area contributed by atoms with Crippen LogP contribution in [0.25, 0.3) is 6.08 Å². The summed E-state index contributed by atoms with van der Waals surface area (Å²) < 4.78 is 11.3. The van der Waals surface area contributed by atoms with Crippen molar-refractivity contribution in [2.75, 3.05) is 30.0 Å². The molecule has 0 fully saturated rings. The van der Waals surface area contributed by atoms with E-state index in [0.717, 1.165) is 5.56 Å². The van der Waals surface area contributed by atoms with E-state index in [0.29, 0.717) is 48.2 Å². The van der Waals surface area contributed by atoms with Crippen molar-refractivity contribution in [3.63, 3.8) is 0 Å². The molecule has 0 saturated carbocycles. The van der Waals surface area contributed by atoms with Crippen LogP contribution in [0.15, 0.2) is 78.9 Å². The molecule has 3 aromatic rings. The first-order chi connectivity index (χ1) is 15.6. The summed E-state index contributed by atoms with van der Waals surface area (Å²) in [5.74, 6) is 0.980. The highest BCUT2D eigenvalue weighted by atomic mass is 16.6. The van der Waals surface area contributed by atoms with Crippen LogP contribution in [-0.2, 0) is 4.79 Å². The van der Waals surface area contributed by atoms with Crippen molar-refractivity contribution >= 4 is 29.3 Å². The van der Waals surface area contributed by atoms with E-state index in [9.17, 15) is 9.59 Å². The maximum Gasteiger partial charge on any atom is 0.258 e. The summed E-state index contributed by atoms with van der Waals surface area (Å²) in [4.78, 5) is 26.4. The Balaban J connectivity index is 1.61. The highest BCUT2D eigenvalue weighted by Crippen LogP contribution is 2.34. The molecule has 0 saturated heterocycles. The molecule has 0 unspecified atom stereocenters. The lowest BCUT2D eigenvalue weighted by molar-refractivity contribution is -0.114. The van der Waals surface area contributed by atoms with Crippen LogP contribution in [0, 0.1) is 0 Å². The molecule has 6 nitrogen and oxygen atoms in total. The van der Waals surface area contributed by atoms with Gasteiger partial charge in [-0.05, 0) is 42.0 Å². The SMILES string of the molecule is CC(=O)Nc1ccc(C(=O)N(C/C=C/c2ccccc2)c2ccc3c(c2)OCCO3)cc1. The Bertz CT molecular complexity index is 1120. The Morgan fingerprint density at radius 2 is 1.66 bits per heavy atom. The van der Waals surface area contributed by atoms with Crippen molar-refractivity contribution in [2.45, 2.75) is 6.92 Å². The number of carbonyl (C=O) groups excluding carboxylic acids is 2. The minimum atomic E-state index is -0.159. The zero-order valence-corrected chi connectivity index (χ0v) is 17.8. The van der Waals surface area contributed by atoms with Gasteiger partial charge in [0.05, 0.1) is 0 Å². The summed E-state index contributed by atoms with van der Waals surface area (Å²) >= 11 is 0. The van der Waals surface area contributed by atoms with Gasteiger partial charge in [-0.15, -0.1) is 0 Å². The molecule has 32 heavy (non-hydrogen) atoms. The van der Waals surface area contributed by atoms with Crippen molar-refractivity contribution in [1.82, 2.24) is 0 Å². The monoisotopic (exact) mass is 428 g/mol. The normalized spacial score (nSPS) is 12.4. The Kier molecular flexibility index (Phi) is 6.51. The van der Waals surface area contributed by atoms with Gasteiger partial charge >= 0.3 is 0 Å². The summed E-state index contributed by atoms with van der Waals surface area (Å²) in [6.45, 7) is 2.81. The fraction of sp³-hybridized carbons (Fsp3) is 0.154. The van der Waals surface area contributed by atoms with Gasteiger partial charge in [0.2, 0.25) is 5.91 Å². The molecule has 4 rings (SSSR count). The molecule has 6 heteroatoms. The smallest absolute Gasteiger partial charge is 0.258 e. The van der Waals surface area contributed by atoms with Crippen LogP contribution >= 0.6 is 0 Å². The Hall–Kier alpha value is -4.06. The third kappa shape index (κ3) is 5.16. The second-order valence-corrected chi connectivity index (χ2v) is 7.32. The quantitative estimate of drug-likeness (QED) is 0.614. The van der Waals surface area contributed by atoms with Crippen molar-refractivity contribution in [1.29, 1.82) is 0 Å². The lowest BCUT2D eigenvalue weighted by atomic mass is 10.1. The highest BCUT2D eigenvalue weighted by molar-refractivity contribution is 6.06. The van der Waals surface area contributed by atoms with E-state index in [1.54, 1.807) is 29.2 Å². The van der Waals surface area contributed by atoms with Gasteiger partial charge in [-0.2, -0.15) is 0 Å². The number of amides is 2. The molecule has 1 heterocycles. The standard InChI is InChI=1S/C26H24N2O4/c1-19(29)27-22-11-9-21(10-12-22)26(30)28(15-5-8-20-6-3-2-4-7-20)23-13-14-24-25(18-23)32-17-16-31-24/h2-14,18H,15-17H2,1H3,(H,27,29)/b8-5+. The average molecular weight is 428 g/mol. The van der Waals surface area contributed by atoms with Gasteiger partial charge in [0.15, 0.2) is 11.5 Å². The van der Waals surface area contributed by atoms with Crippen LogP contribution in [0.2, 0.25) is 0 Å². The average Bonchev–Trinajstić information content (AvgIpc) is 2.82. The first-order valence-corrected chi connectivity index (χ1v) is 10.4. The number of anilines is 2. The van der Waals surface area contributed by atoms with Gasteiger partial charge in [-0.1, -0.05) is 42.5 Å². The Morgan fingerprint density at radius 1 is 0.938 bits per heavy atom. The van der Waals surface area contributed by atoms with E-state index < -0.39 is 0 Å². The zero-order chi connectivity index (χ0) is 22.3. The predicted octanol–water partition coefficient (Wildman–Crippen LogP) is 4.78. The number of nitrogens with zero attached hydrogens (tertiary/aromatic N) is 1. The van der Waals surface area contributed by atoms with Gasteiger partial charge in [0.25, 0.3) is 5.91 Å². The van der Waals surface area contributed by atoms with Gasteiger partial charge in [-0.3, -0.25) is 9.59 Å². The molecule has 0 aliphatic carbocycles. The van der Waals surface area contributed by atoms with Crippen LogP contribution in [0.1, 0.15) is 22.8 Å².